The van der Waals surface area contributed by atoms with Gasteiger partial charge in [0.25, 0.3) is 5.91 Å². The van der Waals surface area contributed by atoms with Crippen LogP contribution in [0.4, 0.5) is 0 Å². The van der Waals surface area contributed by atoms with Crippen LogP contribution in [0, 0.1) is 6.92 Å². The summed E-state index contributed by atoms with van der Waals surface area (Å²) < 4.78 is 6.30. The van der Waals surface area contributed by atoms with Gasteiger partial charge in [-0.15, -0.1) is 0 Å². The van der Waals surface area contributed by atoms with E-state index in [1.165, 1.54) is 0 Å². The van der Waals surface area contributed by atoms with Crippen LogP contribution in [-0.2, 0) is 4.79 Å². The van der Waals surface area contributed by atoms with Crippen LogP contribution in [-0.4, -0.2) is 24.2 Å². The lowest BCUT2D eigenvalue weighted by atomic mass is 10.2. The van der Waals surface area contributed by atoms with Gasteiger partial charge >= 0.3 is 0 Å². The molecular weight excluding hydrogens is 390 g/mol. The summed E-state index contributed by atoms with van der Waals surface area (Å²) in [5, 5.41) is 3.80. The second-order valence-electron chi connectivity index (χ2n) is 4.60. The van der Waals surface area contributed by atoms with Gasteiger partial charge in [-0.2, -0.15) is 0 Å². The Morgan fingerprint density at radius 3 is 2.77 bits per heavy atom. The monoisotopic (exact) mass is 407 g/mol. The van der Waals surface area contributed by atoms with Crippen molar-refractivity contribution in [1.82, 2.24) is 16.2 Å². The quantitative estimate of drug-likeness (QED) is 0.383. The van der Waals surface area contributed by atoms with Gasteiger partial charge < -0.3 is 10.1 Å². The number of hydrogen-bond acceptors (Lipinski definition) is 3. The van der Waals surface area contributed by atoms with Crippen LogP contribution in [0.5, 0.6) is 5.75 Å². The molecule has 22 heavy (non-hydrogen) atoms. The Balaban J connectivity index is 2.36. The zero-order valence-electron chi connectivity index (χ0n) is 12.5. The van der Waals surface area contributed by atoms with E-state index in [0.29, 0.717) is 15.9 Å². The molecule has 0 atom stereocenters. The molecule has 0 aliphatic rings. The lowest BCUT2D eigenvalue weighted by molar-refractivity contribution is -0.123. The van der Waals surface area contributed by atoms with Gasteiger partial charge in [0.1, 0.15) is 5.75 Å². The highest BCUT2D eigenvalue weighted by atomic mass is 79.9. The Morgan fingerprint density at radius 1 is 1.41 bits per heavy atom. The summed E-state index contributed by atoms with van der Waals surface area (Å²) in [5.41, 5.74) is 5.92. The molecule has 0 aliphatic heterocycles. The second-order valence-corrected chi connectivity index (χ2v) is 6.34. The third kappa shape index (κ3) is 6.81. The number of carbonyl (C=O) groups excluding carboxylic acids is 1. The van der Waals surface area contributed by atoms with Gasteiger partial charge in [-0.05, 0) is 43.3 Å². The SMILES string of the molecule is CCCCNC(=S)NNC(=O)COc1c(C)cc(Br)cc1Cl. The first kappa shape index (κ1) is 19.0. The fourth-order valence-corrected chi connectivity index (χ4v) is 2.77. The third-order valence-corrected chi connectivity index (χ3v) is 3.66. The van der Waals surface area contributed by atoms with Crippen molar-refractivity contribution in [2.75, 3.05) is 13.2 Å². The molecule has 0 heterocycles. The molecule has 5 nitrogen and oxygen atoms in total. The van der Waals surface area contributed by atoms with Crippen molar-refractivity contribution in [2.24, 2.45) is 0 Å². The number of thiocarbonyl (C=S) groups is 1. The van der Waals surface area contributed by atoms with Gasteiger partial charge in [-0.25, -0.2) is 0 Å². The highest BCUT2D eigenvalue weighted by molar-refractivity contribution is 9.10. The van der Waals surface area contributed by atoms with E-state index >= 15 is 0 Å². The van der Waals surface area contributed by atoms with Crippen LogP contribution in [0.15, 0.2) is 16.6 Å². The number of benzene rings is 1. The van der Waals surface area contributed by atoms with Crippen molar-refractivity contribution in [3.05, 3.63) is 27.2 Å². The highest BCUT2D eigenvalue weighted by Crippen LogP contribution is 2.31. The van der Waals surface area contributed by atoms with Crippen LogP contribution in [0.1, 0.15) is 25.3 Å². The minimum Gasteiger partial charge on any atom is -0.482 e. The zero-order valence-corrected chi connectivity index (χ0v) is 15.6. The number of unbranched alkanes of at least 4 members (excludes halogenated alkanes) is 1. The molecule has 3 N–H and O–H groups in total. The molecule has 0 aliphatic carbocycles. The van der Waals surface area contributed by atoms with E-state index in [1.54, 1.807) is 6.07 Å². The van der Waals surface area contributed by atoms with Crippen LogP contribution in [0.3, 0.4) is 0 Å². The topological polar surface area (TPSA) is 62.4 Å². The lowest BCUT2D eigenvalue weighted by Crippen LogP contribution is -2.48. The van der Waals surface area contributed by atoms with E-state index in [1.807, 2.05) is 13.0 Å². The molecule has 1 aromatic rings. The summed E-state index contributed by atoms with van der Waals surface area (Å²) in [5.74, 6) is 0.140. The Morgan fingerprint density at radius 2 is 2.14 bits per heavy atom. The molecule has 0 aromatic heterocycles. The number of hydrogen-bond donors (Lipinski definition) is 3. The minimum atomic E-state index is -0.349. The van der Waals surface area contributed by atoms with E-state index in [-0.39, 0.29) is 12.5 Å². The number of halogens is 2. The minimum absolute atomic E-state index is 0.160. The molecule has 0 radical (unpaired) electrons. The molecule has 1 amide bonds. The molecule has 0 saturated heterocycles. The standard InChI is InChI=1S/C14H19BrClN3O2S/c1-3-4-5-17-14(22)19-18-12(20)8-21-13-9(2)6-10(15)7-11(13)16/h6-7H,3-5,8H2,1-2H3,(H,18,20)(H2,17,19,22). The predicted molar refractivity (Wildman–Crippen MR) is 96.2 cm³/mol. The molecular formula is C14H19BrClN3O2S. The number of amides is 1. The second kappa shape index (κ2) is 9.86. The van der Waals surface area contributed by atoms with Gasteiger partial charge in [-0.1, -0.05) is 40.9 Å². The molecule has 0 unspecified atom stereocenters. The van der Waals surface area contributed by atoms with Crippen molar-refractivity contribution in [3.63, 3.8) is 0 Å². The Bertz CT molecular complexity index is 520. The third-order valence-electron chi connectivity index (χ3n) is 2.67. The lowest BCUT2D eigenvalue weighted by Gasteiger charge is -2.13. The highest BCUT2D eigenvalue weighted by Gasteiger charge is 2.10. The zero-order chi connectivity index (χ0) is 16.5. The van der Waals surface area contributed by atoms with Crippen LogP contribution < -0.4 is 20.9 Å². The first-order valence-corrected chi connectivity index (χ1v) is 8.43. The maximum absolute atomic E-state index is 11.7. The van der Waals surface area contributed by atoms with E-state index in [0.717, 1.165) is 29.4 Å². The van der Waals surface area contributed by atoms with Gasteiger partial charge in [-0.3, -0.25) is 15.6 Å². The van der Waals surface area contributed by atoms with E-state index in [2.05, 4.69) is 39.0 Å². The normalized spacial score (nSPS) is 10.0. The number of rotatable bonds is 6. The molecule has 0 saturated carbocycles. The average molecular weight is 409 g/mol. The summed E-state index contributed by atoms with van der Waals surface area (Å²) in [6.07, 6.45) is 2.09. The molecule has 0 spiro atoms. The smallest absolute Gasteiger partial charge is 0.276 e. The largest absolute Gasteiger partial charge is 0.482 e. The van der Waals surface area contributed by atoms with Crippen molar-refractivity contribution >= 4 is 50.8 Å². The van der Waals surface area contributed by atoms with Crippen LogP contribution in [0.2, 0.25) is 5.02 Å². The Labute approximate surface area is 149 Å². The van der Waals surface area contributed by atoms with E-state index in [4.69, 9.17) is 28.6 Å². The maximum atomic E-state index is 11.7. The number of aryl methyl sites for hydroxylation is 1. The van der Waals surface area contributed by atoms with E-state index in [9.17, 15) is 4.79 Å². The van der Waals surface area contributed by atoms with Crippen molar-refractivity contribution < 1.29 is 9.53 Å². The molecule has 1 rings (SSSR count). The summed E-state index contributed by atoms with van der Waals surface area (Å²) in [6.45, 7) is 4.55. The fraction of sp³-hybridized carbons (Fsp3) is 0.429. The molecule has 0 bridgehead atoms. The van der Waals surface area contributed by atoms with Gasteiger partial charge in [0.05, 0.1) is 5.02 Å². The summed E-state index contributed by atoms with van der Waals surface area (Å²) >= 11 is 14.4. The van der Waals surface area contributed by atoms with Gasteiger partial charge in [0.15, 0.2) is 11.7 Å². The van der Waals surface area contributed by atoms with Crippen molar-refractivity contribution in [3.8, 4) is 5.75 Å². The number of carbonyl (C=O) groups is 1. The van der Waals surface area contributed by atoms with Gasteiger partial charge in [0, 0.05) is 11.0 Å². The van der Waals surface area contributed by atoms with E-state index < -0.39 is 0 Å². The molecule has 122 valence electrons. The molecule has 1 aromatic carbocycles. The summed E-state index contributed by atoms with van der Waals surface area (Å²) in [7, 11) is 0. The first-order chi connectivity index (χ1) is 10.4. The maximum Gasteiger partial charge on any atom is 0.276 e. The van der Waals surface area contributed by atoms with Crippen molar-refractivity contribution in [2.45, 2.75) is 26.7 Å². The average Bonchev–Trinajstić information content (AvgIpc) is 2.44. The van der Waals surface area contributed by atoms with Crippen LogP contribution >= 0.6 is 39.7 Å². The number of nitrogens with one attached hydrogen (secondary N) is 3. The molecule has 8 heteroatoms. The number of hydrazine groups is 1. The first-order valence-electron chi connectivity index (χ1n) is 6.85. The summed E-state index contributed by atoms with van der Waals surface area (Å²) in [4.78, 5) is 11.7. The Hall–Kier alpha value is -1.05. The Kier molecular flexibility index (Phi) is 8.52. The predicted octanol–water partition coefficient (Wildman–Crippen LogP) is 3.09. The van der Waals surface area contributed by atoms with Gasteiger partial charge in [0.2, 0.25) is 0 Å². The summed E-state index contributed by atoms with van der Waals surface area (Å²) in [6, 6.07) is 3.58. The molecule has 0 fully saturated rings. The van der Waals surface area contributed by atoms with Crippen molar-refractivity contribution in [1.29, 1.82) is 0 Å². The number of ether oxygens (including phenoxy) is 1. The van der Waals surface area contributed by atoms with Crippen LogP contribution in [0.25, 0.3) is 0 Å². The fourth-order valence-electron chi connectivity index (χ4n) is 1.59.